The van der Waals surface area contributed by atoms with Crippen LogP contribution in [0.15, 0.2) is 18.6 Å². The fourth-order valence-electron chi connectivity index (χ4n) is 0.823. The molecule has 66 valence electrons. The van der Waals surface area contributed by atoms with Crippen molar-refractivity contribution in [3.05, 3.63) is 24.3 Å². The largest absolute Gasteiger partial charge is 0.323 e. The number of rotatable bonds is 2. The molecule has 1 rings (SSSR count). The molecule has 1 aromatic heterocycles. The van der Waals surface area contributed by atoms with Crippen molar-refractivity contribution in [1.29, 1.82) is 0 Å². The molecule has 0 bridgehead atoms. The molecule has 0 aromatic carbocycles. The summed E-state index contributed by atoms with van der Waals surface area (Å²) < 4.78 is 13.4. The second kappa shape index (κ2) is 3.15. The number of nitrogens with zero attached hydrogens (tertiary/aromatic N) is 2. The van der Waals surface area contributed by atoms with Gasteiger partial charge in [-0.05, 0) is 13.8 Å². The molecule has 0 spiro atoms. The molecular formula is C8H12FN3. The first-order valence-electron chi connectivity index (χ1n) is 3.70. The van der Waals surface area contributed by atoms with Crippen LogP contribution in [0.4, 0.5) is 4.39 Å². The first-order valence-corrected chi connectivity index (χ1v) is 3.70. The second-order valence-corrected chi connectivity index (χ2v) is 3.31. The van der Waals surface area contributed by atoms with E-state index in [0.29, 0.717) is 0 Å². The Balaban J connectivity index is 2.86. The van der Waals surface area contributed by atoms with Crippen molar-refractivity contribution >= 4 is 0 Å². The molecule has 3 nitrogen and oxygen atoms in total. The summed E-state index contributed by atoms with van der Waals surface area (Å²) in [6.07, 6.45) is 3.07. The van der Waals surface area contributed by atoms with Gasteiger partial charge in [-0.25, -0.2) is 4.39 Å². The predicted molar refractivity (Wildman–Crippen MR) is 44.1 cm³/mol. The number of aromatic nitrogens is 2. The van der Waals surface area contributed by atoms with Gasteiger partial charge in [-0.15, -0.1) is 0 Å². The minimum atomic E-state index is -1.27. The van der Waals surface area contributed by atoms with Gasteiger partial charge in [-0.3, -0.25) is 9.97 Å². The van der Waals surface area contributed by atoms with E-state index in [0.717, 1.165) is 0 Å². The summed E-state index contributed by atoms with van der Waals surface area (Å²) in [5, 5.41) is 0. The normalized spacial score (nSPS) is 14.3. The van der Waals surface area contributed by atoms with Gasteiger partial charge < -0.3 is 5.73 Å². The molecule has 1 aromatic rings. The van der Waals surface area contributed by atoms with Crippen LogP contribution in [0.1, 0.15) is 25.7 Å². The maximum absolute atomic E-state index is 13.4. The third kappa shape index (κ3) is 1.98. The van der Waals surface area contributed by atoms with E-state index < -0.39 is 11.7 Å². The van der Waals surface area contributed by atoms with E-state index in [1.807, 2.05) is 0 Å². The minimum Gasteiger partial charge on any atom is -0.323 e. The van der Waals surface area contributed by atoms with Gasteiger partial charge in [0.2, 0.25) is 0 Å². The smallest absolute Gasteiger partial charge is 0.161 e. The van der Waals surface area contributed by atoms with Crippen LogP contribution in [0.5, 0.6) is 0 Å². The Labute approximate surface area is 70.8 Å². The van der Waals surface area contributed by atoms with E-state index in [-0.39, 0.29) is 5.69 Å². The highest BCUT2D eigenvalue weighted by molar-refractivity contribution is 5.05. The molecule has 0 amide bonds. The zero-order valence-corrected chi connectivity index (χ0v) is 7.16. The molecule has 1 heterocycles. The topological polar surface area (TPSA) is 51.8 Å². The molecule has 1 unspecified atom stereocenters. The molecule has 0 fully saturated rings. The van der Waals surface area contributed by atoms with E-state index in [1.54, 1.807) is 13.8 Å². The van der Waals surface area contributed by atoms with E-state index in [9.17, 15) is 4.39 Å². The third-order valence-corrected chi connectivity index (χ3v) is 1.50. The van der Waals surface area contributed by atoms with Crippen LogP contribution in [0.3, 0.4) is 0 Å². The summed E-state index contributed by atoms with van der Waals surface area (Å²) >= 11 is 0. The van der Waals surface area contributed by atoms with Crippen LogP contribution >= 0.6 is 0 Å². The minimum absolute atomic E-state index is 0.282. The Kier molecular flexibility index (Phi) is 2.38. The van der Waals surface area contributed by atoms with Crippen molar-refractivity contribution in [2.75, 3.05) is 0 Å². The maximum Gasteiger partial charge on any atom is 0.161 e. The van der Waals surface area contributed by atoms with Gasteiger partial charge >= 0.3 is 0 Å². The van der Waals surface area contributed by atoms with Crippen molar-refractivity contribution in [3.8, 4) is 0 Å². The van der Waals surface area contributed by atoms with Crippen molar-refractivity contribution < 1.29 is 4.39 Å². The quantitative estimate of drug-likeness (QED) is 0.724. The molecule has 0 radical (unpaired) electrons. The van der Waals surface area contributed by atoms with Crippen LogP contribution in [0.2, 0.25) is 0 Å². The molecule has 4 heteroatoms. The van der Waals surface area contributed by atoms with Crippen LogP contribution in [-0.4, -0.2) is 15.5 Å². The van der Waals surface area contributed by atoms with Gasteiger partial charge in [-0.1, -0.05) is 0 Å². The molecule has 0 aliphatic rings. The van der Waals surface area contributed by atoms with Gasteiger partial charge in [0.05, 0.1) is 11.9 Å². The molecule has 12 heavy (non-hydrogen) atoms. The van der Waals surface area contributed by atoms with E-state index in [2.05, 4.69) is 9.97 Å². The molecule has 0 saturated carbocycles. The first-order chi connectivity index (χ1) is 5.52. The fraction of sp³-hybridized carbons (Fsp3) is 0.500. The summed E-state index contributed by atoms with van der Waals surface area (Å²) in [6.45, 7) is 3.23. The summed E-state index contributed by atoms with van der Waals surface area (Å²) in [5.41, 5.74) is 4.94. The Bertz CT molecular complexity index is 242. The number of nitrogens with two attached hydrogens (primary N) is 1. The van der Waals surface area contributed by atoms with Crippen molar-refractivity contribution in [2.24, 2.45) is 5.73 Å². The molecule has 2 N–H and O–H groups in total. The van der Waals surface area contributed by atoms with Gasteiger partial charge in [-0.2, -0.15) is 0 Å². The standard InChI is InChI=1S/C8H12FN3/c1-8(2,10)7(9)6-5-11-3-4-12-6/h3-5,7H,10H2,1-2H3. The Morgan fingerprint density at radius 2 is 2.17 bits per heavy atom. The summed E-state index contributed by atoms with van der Waals surface area (Å²) in [7, 11) is 0. The van der Waals surface area contributed by atoms with Crippen molar-refractivity contribution in [2.45, 2.75) is 25.6 Å². The highest BCUT2D eigenvalue weighted by Gasteiger charge is 2.27. The third-order valence-electron chi connectivity index (χ3n) is 1.50. The number of halogens is 1. The second-order valence-electron chi connectivity index (χ2n) is 3.31. The Hall–Kier alpha value is -1.03. The highest BCUT2D eigenvalue weighted by atomic mass is 19.1. The van der Waals surface area contributed by atoms with Gasteiger partial charge in [0.25, 0.3) is 0 Å². The lowest BCUT2D eigenvalue weighted by atomic mass is 9.98. The van der Waals surface area contributed by atoms with E-state index in [4.69, 9.17) is 5.73 Å². The van der Waals surface area contributed by atoms with Crippen LogP contribution in [0, 0.1) is 0 Å². The molecule has 0 aliphatic carbocycles. The maximum atomic E-state index is 13.4. The number of hydrogen-bond acceptors (Lipinski definition) is 3. The van der Waals surface area contributed by atoms with Crippen LogP contribution in [0.25, 0.3) is 0 Å². The lowest BCUT2D eigenvalue weighted by Crippen LogP contribution is -2.37. The van der Waals surface area contributed by atoms with Crippen molar-refractivity contribution in [1.82, 2.24) is 9.97 Å². The predicted octanol–water partition coefficient (Wildman–Crippen LogP) is 1.22. The number of alkyl halides is 1. The molecule has 1 atom stereocenters. The van der Waals surface area contributed by atoms with Crippen LogP contribution < -0.4 is 5.73 Å². The van der Waals surface area contributed by atoms with Gasteiger partial charge in [0.1, 0.15) is 0 Å². The van der Waals surface area contributed by atoms with Crippen LogP contribution in [-0.2, 0) is 0 Å². The van der Waals surface area contributed by atoms with Gasteiger partial charge in [0.15, 0.2) is 6.17 Å². The van der Waals surface area contributed by atoms with Crippen molar-refractivity contribution in [3.63, 3.8) is 0 Å². The zero-order valence-electron chi connectivity index (χ0n) is 7.16. The molecule has 0 saturated heterocycles. The van der Waals surface area contributed by atoms with Gasteiger partial charge in [0, 0.05) is 17.9 Å². The fourth-order valence-corrected chi connectivity index (χ4v) is 0.823. The summed E-state index contributed by atoms with van der Waals surface area (Å²) in [5.74, 6) is 0. The van der Waals surface area contributed by atoms with E-state index >= 15 is 0 Å². The summed E-state index contributed by atoms with van der Waals surface area (Å²) in [6, 6.07) is 0. The molecular weight excluding hydrogens is 157 g/mol. The highest BCUT2D eigenvalue weighted by Crippen LogP contribution is 2.24. The molecule has 0 aliphatic heterocycles. The average molecular weight is 169 g/mol. The zero-order chi connectivity index (χ0) is 9.19. The summed E-state index contributed by atoms with van der Waals surface area (Å²) in [4.78, 5) is 7.59. The average Bonchev–Trinajstić information content (AvgIpc) is 2.03. The monoisotopic (exact) mass is 169 g/mol. The Morgan fingerprint density at radius 1 is 1.50 bits per heavy atom. The lowest BCUT2D eigenvalue weighted by Gasteiger charge is -2.22. The first kappa shape index (κ1) is 9.06. The lowest BCUT2D eigenvalue weighted by molar-refractivity contribution is 0.217. The van der Waals surface area contributed by atoms with E-state index in [1.165, 1.54) is 18.6 Å². The Morgan fingerprint density at radius 3 is 2.58 bits per heavy atom. The number of hydrogen-bond donors (Lipinski definition) is 1. The SMILES string of the molecule is CC(C)(N)C(F)c1cnccn1.